The van der Waals surface area contributed by atoms with E-state index >= 15 is 0 Å². The first-order chi connectivity index (χ1) is 6.75. The molecule has 0 N–H and O–H groups in total. The van der Waals surface area contributed by atoms with Crippen LogP contribution in [0.3, 0.4) is 0 Å². The SMILES string of the molecule is CC(=O)O[C@@H]1C=C[C@H]2[C@H]3CC[C@H](C3)[C@H]21. The minimum atomic E-state index is -0.136. The summed E-state index contributed by atoms with van der Waals surface area (Å²) in [5.41, 5.74) is 0. The van der Waals surface area contributed by atoms with Gasteiger partial charge in [0.25, 0.3) is 0 Å². The molecule has 5 atom stereocenters. The molecule has 0 amide bonds. The van der Waals surface area contributed by atoms with Crippen LogP contribution >= 0.6 is 0 Å². The van der Waals surface area contributed by atoms with E-state index in [4.69, 9.17) is 4.74 Å². The number of allylic oxidation sites excluding steroid dienone is 1. The number of hydrogen-bond acceptors (Lipinski definition) is 2. The van der Waals surface area contributed by atoms with Gasteiger partial charge in [-0.1, -0.05) is 6.08 Å². The molecular weight excluding hydrogens is 176 g/mol. The number of ether oxygens (including phenoxy) is 1. The Morgan fingerprint density at radius 1 is 1.29 bits per heavy atom. The average molecular weight is 192 g/mol. The molecule has 0 heterocycles. The van der Waals surface area contributed by atoms with Gasteiger partial charge in [-0.3, -0.25) is 4.79 Å². The fourth-order valence-corrected chi connectivity index (χ4v) is 3.83. The molecule has 2 fully saturated rings. The Balaban J connectivity index is 1.79. The second kappa shape index (κ2) is 2.85. The van der Waals surface area contributed by atoms with Crippen molar-refractivity contribution in [3.63, 3.8) is 0 Å². The van der Waals surface area contributed by atoms with Gasteiger partial charge in [0, 0.05) is 12.8 Å². The van der Waals surface area contributed by atoms with Crippen molar-refractivity contribution >= 4 is 5.97 Å². The van der Waals surface area contributed by atoms with Crippen molar-refractivity contribution in [3.05, 3.63) is 12.2 Å². The zero-order chi connectivity index (χ0) is 9.71. The van der Waals surface area contributed by atoms with E-state index in [1.54, 1.807) is 0 Å². The Kier molecular flexibility index (Phi) is 1.73. The molecule has 3 aliphatic carbocycles. The molecule has 3 aliphatic rings. The van der Waals surface area contributed by atoms with Crippen LogP contribution in [0, 0.1) is 23.7 Å². The van der Waals surface area contributed by atoms with Crippen molar-refractivity contribution in [2.45, 2.75) is 32.3 Å². The molecule has 14 heavy (non-hydrogen) atoms. The average Bonchev–Trinajstić information content (AvgIpc) is 2.74. The van der Waals surface area contributed by atoms with Gasteiger partial charge >= 0.3 is 5.97 Å². The maximum absolute atomic E-state index is 10.9. The van der Waals surface area contributed by atoms with E-state index in [9.17, 15) is 4.79 Å². The molecule has 2 bridgehead atoms. The van der Waals surface area contributed by atoms with E-state index in [0.717, 1.165) is 17.8 Å². The fourth-order valence-electron chi connectivity index (χ4n) is 3.83. The van der Waals surface area contributed by atoms with E-state index in [2.05, 4.69) is 12.2 Å². The van der Waals surface area contributed by atoms with Gasteiger partial charge in [-0.15, -0.1) is 0 Å². The number of fused-ring (bicyclic) bond motifs is 5. The first-order valence-electron chi connectivity index (χ1n) is 5.61. The Morgan fingerprint density at radius 2 is 2.07 bits per heavy atom. The maximum atomic E-state index is 10.9. The smallest absolute Gasteiger partial charge is 0.303 e. The van der Waals surface area contributed by atoms with E-state index in [1.807, 2.05) is 0 Å². The first kappa shape index (κ1) is 8.51. The topological polar surface area (TPSA) is 26.3 Å². The number of esters is 1. The molecule has 0 aromatic rings. The Hall–Kier alpha value is -0.790. The predicted octanol–water partition coefficient (Wildman–Crippen LogP) is 2.15. The summed E-state index contributed by atoms with van der Waals surface area (Å²) in [7, 11) is 0. The third kappa shape index (κ3) is 1.06. The van der Waals surface area contributed by atoms with E-state index in [1.165, 1.54) is 26.2 Å². The standard InChI is InChI=1S/C12H16O2/c1-7(13)14-11-5-4-10-8-2-3-9(6-8)12(10)11/h4-5,8-12H,2-3,6H2,1H3/t8-,9+,10-,11+,12+/m0/s1. The van der Waals surface area contributed by atoms with Crippen LogP contribution in [0.4, 0.5) is 0 Å². The Morgan fingerprint density at radius 3 is 2.86 bits per heavy atom. The van der Waals surface area contributed by atoms with Crippen LogP contribution in [0.25, 0.3) is 0 Å². The van der Waals surface area contributed by atoms with Gasteiger partial charge in [0.1, 0.15) is 6.10 Å². The summed E-state index contributed by atoms with van der Waals surface area (Å²) in [6.07, 6.45) is 8.61. The molecule has 2 heteroatoms. The monoisotopic (exact) mass is 192 g/mol. The number of rotatable bonds is 1. The highest BCUT2D eigenvalue weighted by Gasteiger charge is 2.52. The summed E-state index contributed by atoms with van der Waals surface area (Å²) in [5, 5.41) is 0. The van der Waals surface area contributed by atoms with Gasteiger partial charge in [-0.2, -0.15) is 0 Å². The molecule has 0 radical (unpaired) electrons. The van der Waals surface area contributed by atoms with Gasteiger partial charge < -0.3 is 4.74 Å². The maximum Gasteiger partial charge on any atom is 0.303 e. The lowest BCUT2D eigenvalue weighted by Crippen LogP contribution is -2.29. The summed E-state index contributed by atoms with van der Waals surface area (Å²) < 4.78 is 5.35. The van der Waals surface area contributed by atoms with Gasteiger partial charge in [-0.05, 0) is 43.1 Å². The molecule has 0 saturated heterocycles. The second-order valence-corrected chi connectivity index (χ2v) is 4.95. The zero-order valence-corrected chi connectivity index (χ0v) is 8.48. The summed E-state index contributed by atoms with van der Waals surface area (Å²) in [6.45, 7) is 1.51. The first-order valence-corrected chi connectivity index (χ1v) is 5.61. The van der Waals surface area contributed by atoms with Crippen molar-refractivity contribution in [1.29, 1.82) is 0 Å². The van der Waals surface area contributed by atoms with Crippen molar-refractivity contribution in [2.75, 3.05) is 0 Å². The van der Waals surface area contributed by atoms with Crippen LogP contribution in [-0.2, 0) is 9.53 Å². The van der Waals surface area contributed by atoms with Crippen LogP contribution in [0.1, 0.15) is 26.2 Å². The molecule has 3 rings (SSSR count). The van der Waals surface area contributed by atoms with Crippen molar-refractivity contribution in [1.82, 2.24) is 0 Å². The normalized spacial score (nSPS) is 48.2. The van der Waals surface area contributed by atoms with E-state index < -0.39 is 0 Å². The van der Waals surface area contributed by atoms with Crippen LogP contribution in [0.2, 0.25) is 0 Å². The molecule has 0 aliphatic heterocycles. The lowest BCUT2D eigenvalue weighted by atomic mass is 9.80. The lowest BCUT2D eigenvalue weighted by molar-refractivity contribution is -0.147. The summed E-state index contributed by atoms with van der Waals surface area (Å²) in [6, 6.07) is 0. The quantitative estimate of drug-likeness (QED) is 0.470. The molecule has 2 nitrogen and oxygen atoms in total. The minimum Gasteiger partial charge on any atom is -0.458 e. The summed E-state index contributed by atoms with van der Waals surface area (Å²) >= 11 is 0. The molecule has 0 aromatic heterocycles. The lowest BCUT2D eigenvalue weighted by Gasteiger charge is -2.28. The highest BCUT2D eigenvalue weighted by atomic mass is 16.5. The van der Waals surface area contributed by atoms with Gasteiger partial charge in [0.2, 0.25) is 0 Å². The highest BCUT2D eigenvalue weighted by molar-refractivity contribution is 5.66. The second-order valence-electron chi connectivity index (χ2n) is 4.95. The summed E-state index contributed by atoms with van der Waals surface area (Å²) in [5.74, 6) is 2.92. The van der Waals surface area contributed by atoms with Gasteiger partial charge in [0.15, 0.2) is 0 Å². The Bertz CT molecular complexity index is 295. The molecular formula is C12H16O2. The minimum absolute atomic E-state index is 0.0906. The molecule has 0 aromatic carbocycles. The fraction of sp³-hybridized carbons (Fsp3) is 0.750. The molecule has 2 saturated carbocycles. The van der Waals surface area contributed by atoms with Crippen LogP contribution in [0.15, 0.2) is 12.2 Å². The van der Waals surface area contributed by atoms with Crippen LogP contribution < -0.4 is 0 Å². The Labute approximate surface area is 84.3 Å². The van der Waals surface area contributed by atoms with Crippen molar-refractivity contribution in [3.8, 4) is 0 Å². The largest absolute Gasteiger partial charge is 0.458 e. The van der Waals surface area contributed by atoms with Crippen LogP contribution in [0.5, 0.6) is 0 Å². The number of hydrogen-bond donors (Lipinski definition) is 0. The molecule has 0 unspecified atom stereocenters. The van der Waals surface area contributed by atoms with E-state index in [-0.39, 0.29) is 12.1 Å². The zero-order valence-electron chi connectivity index (χ0n) is 8.48. The van der Waals surface area contributed by atoms with E-state index in [0.29, 0.717) is 5.92 Å². The molecule has 0 spiro atoms. The number of carbonyl (C=O) groups is 1. The van der Waals surface area contributed by atoms with Crippen LogP contribution in [-0.4, -0.2) is 12.1 Å². The number of carbonyl (C=O) groups excluding carboxylic acids is 1. The summed E-state index contributed by atoms with van der Waals surface area (Å²) in [4.78, 5) is 10.9. The predicted molar refractivity (Wildman–Crippen MR) is 52.5 cm³/mol. The van der Waals surface area contributed by atoms with Crippen molar-refractivity contribution < 1.29 is 9.53 Å². The highest BCUT2D eigenvalue weighted by Crippen LogP contribution is 2.56. The third-order valence-electron chi connectivity index (χ3n) is 4.25. The van der Waals surface area contributed by atoms with Crippen molar-refractivity contribution in [2.24, 2.45) is 23.7 Å². The van der Waals surface area contributed by atoms with Gasteiger partial charge in [0.05, 0.1) is 0 Å². The molecule has 76 valence electrons. The van der Waals surface area contributed by atoms with Gasteiger partial charge in [-0.25, -0.2) is 0 Å². The third-order valence-corrected chi connectivity index (χ3v) is 4.25.